The van der Waals surface area contributed by atoms with E-state index in [1.165, 1.54) is 0 Å². The molecule has 1 fully saturated rings. The number of rotatable bonds is 7. The van der Waals surface area contributed by atoms with Gasteiger partial charge in [-0.25, -0.2) is 0 Å². The maximum absolute atomic E-state index is 5.75. The molecule has 5 heteroatoms. The van der Waals surface area contributed by atoms with E-state index in [1.807, 2.05) is 24.3 Å². The van der Waals surface area contributed by atoms with Crippen molar-refractivity contribution in [2.24, 2.45) is 0 Å². The van der Waals surface area contributed by atoms with E-state index in [0.29, 0.717) is 12.6 Å². The summed E-state index contributed by atoms with van der Waals surface area (Å²) in [5.41, 5.74) is 0. The van der Waals surface area contributed by atoms with Gasteiger partial charge in [0.2, 0.25) is 0 Å². The van der Waals surface area contributed by atoms with Gasteiger partial charge in [0.05, 0.1) is 7.11 Å². The molecule has 0 aromatic heterocycles. The zero-order chi connectivity index (χ0) is 15.1. The van der Waals surface area contributed by atoms with Gasteiger partial charge >= 0.3 is 0 Å². The standard InChI is InChI=1S/C16H27N3O2/c1-18-9-10-19(2)14(13-18)12-17-8-11-21-16-7-5-4-6-15(16)20-3/h4-7,14,17H,8-13H2,1-3H3. The summed E-state index contributed by atoms with van der Waals surface area (Å²) in [6, 6.07) is 8.32. The first-order valence-corrected chi connectivity index (χ1v) is 7.56. The van der Waals surface area contributed by atoms with Crippen LogP contribution >= 0.6 is 0 Å². The van der Waals surface area contributed by atoms with Crippen LogP contribution in [0, 0.1) is 0 Å². The number of nitrogens with one attached hydrogen (secondary N) is 1. The molecular formula is C16H27N3O2. The molecule has 2 rings (SSSR count). The van der Waals surface area contributed by atoms with Gasteiger partial charge in [-0.15, -0.1) is 0 Å². The molecule has 1 aromatic rings. The molecule has 1 aliphatic rings. The molecule has 0 bridgehead atoms. The molecule has 21 heavy (non-hydrogen) atoms. The monoisotopic (exact) mass is 293 g/mol. The third kappa shape index (κ3) is 4.88. The van der Waals surface area contributed by atoms with Crippen molar-refractivity contribution < 1.29 is 9.47 Å². The third-order valence-corrected chi connectivity index (χ3v) is 3.97. The van der Waals surface area contributed by atoms with Crippen LogP contribution in [0.2, 0.25) is 0 Å². The average molecular weight is 293 g/mol. The Balaban J connectivity index is 1.65. The second kappa shape index (κ2) is 8.22. The number of piperazine rings is 1. The van der Waals surface area contributed by atoms with Crippen molar-refractivity contribution in [3.05, 3.63) is 24.3 Å². The van der Waals surface area contributed by atoms with Gasteiger partial charge < -0.3 is 19.7 Å². The van der Waals surface area contributed by atoms with Crippen molar-refractivity contribution in [1.82, 2.24) is 15.1 Å². The molecule has 1 atom stereocenters. The first-order chi connectivity index (χ1) is 10.2. The van der Waals surface area contributed by atoms with Gasteiger partial charge in [0, 0.05) is 38.8 Å². The molecule has 1 N–H and O–H groups in total. The van der Waals surface area contributed by atoms with Crippen LogP contribution in [0.3, 0.4) is 0 Å². The Labute approximate surface area is 127 Å². The van der Waals surface area contributed by atoms with Gasteiger partial charge in [-0.1, -0.05) is 12.1 Å². The minimum Gasteiger partial charge on any atom is -0.493 e. The van der Waals surface area contributed by atoms with Gasteiger partial charge in [-0.3, -0.25) is 4.90 Å². The molecule has 0 aliphatic carbocycles. The minimum atomic E-state index is 0.579. The lowest BCUT2D eigenvalue weighted by Crippen LogP contribution is -2.54. The van der Waals surface area contributed by atoms with E-state index in [2.05, 4.69) is 29.2 Å². The molecule has 0 spiro atoms. The molecule has 5 nitrogen and oxygen atoms in total. The average Bonchev–Trinajstić information content (AvgIpc) is 2.50. The van der Waals surface area contributed by atoms with Crippen LogP contribution < -0.4 is 14.8 Å². The van der Waals surface area contributed by atoms with Crippen LogP contribution in [0.15, 0.2) is 24.3 Å². The Bertz CT molecular complexity index is 428. The predicted octanol–water partition coefficient (Wildman–Crippen LogP) is 0.909. The smallest absolute Gasteiger partial charge is 0.161 e. The molecule has 1 heterocycles. The normalized spacial score (nSPS) is 20.4. The summed E-state index contributed by atoms with van der Waals surface area (Å²) in [6.07, 6.45) is 0. The first-order valence-electron chi connectivity index (χ1n) is 7.56. The lowest BCUT2D eigenvalue weighted by molar-refractivity contribution is 0.112. The number of likely N-dealkylation sites (N-methyl/N-ethyl adjacent to an activating group) is 2. The number of hydrogen-bond acceptors (Lipinski definition) is 5. The second-order valence-electron chi connectivity index (χ2n) is 5.60. The van der Waals surface area contributed by atoms with E-state index in [-0.39, 0.29) is 0 Å². The fraction of sp³-hybridized carbons (Fsp3) is 0.625. The number of benzene rings is 1. The van der Waals surface area contributed by atoms with Crippen LogP contribution in [-0.2, 0) is 0 Å². The summed E-state index contributed by atoms with van der Waals surface area (Å²) in [5, 5.41) is 3.48. The van der Waals surface area contributed by atoms with E-state index in [1.54, 1.807) is 7.11 Å². The summed E-state index contributed by atoms with van der Waals surface area (Å²) in [5.74, 6) is 1.59. The van der Waals surface area contributed by atoms with Gasteiger partial charge in [0.15, 0.2) is 11.5 Å². The Morgan fingerprint density at radius 1 is 1.19 bits per heavy atom. The van der Waals surface area contributed by atoms with Gasteiger partial charge in [0.1, 0.15) is 6.61 Å². The van der Waals surface area contributed by atoms with Gasteiger partial charge in [0.25, 0.3) is 0 Å². The van der Waals surface area contributed by atoms with Crippen molar-refractivity contribution in [2.45, 2.75) is 6.04 Å². The number of hydrogen-bond donors (Lipinski definition) is 1. The Morgan fingerprint density at radius 2 is 1.95 bits per heavy atom. The SMILES string of the molecule is COc1ccccc1OCCNCC1CN(C)CCN1C. The Kier molecular flexibility index (Phi) is 6.29. The predicted molar refractivity (Wildman–Crippen MR) is 85.3 cm³/mol. The Hall–Kier alpha value is -1.30. The molecule has 1 aliphatic heterocycles. The fourth-order valence-corrected chi connectivity index (χ4v) is 2.56. The van der Waals surface area contributed by atoms with Gasteiger partial charge in [-0.05, 0) is 26.2 Å². The van der Waals surface area contributed by atoms with Crippen molar-refractivity contribution in [1.29, 1.82) is 0 Å². The van der Waals surface area contributed by atoms with Crippen molar-refractivity contribution >= 4 is 0 Å². The topological polar surface area (TPSA) is 37.0 Å². The van der Waals surface area contributed by atoms with E-state index in [4.69, 9.17) is 9.47 Å². The quantitative estimate of drug-likeness (QED) is 0.756. The minimum absolute atomic E-state index is 0.579. The first kappa shape index (κ1) is 16.1. The summed E-state index contributed by atoms with van der Waals surface area (Å²) in [4.78, 5) is 4.81. The van der Waals surface area contributed by atoms with Crippen LogP contribution in [0.4, 0.5) is 0 Å². The number of para-hydroxylation sites is 2. The van der Waals surface area contributed by atoms with Crippen LogP contribution in [0.5, 0.6) is 11.5 Å². The number of ether oxygens (including phenoxy) is 2. The largest absolute Gasteiger partial charge is 0.493 e. The maximum atomic E-state index is 5.75. The molecule has 1 unspecified atom stereocenters. The summed E-state index contributed by atoms with van der Waals surface area (Å²) in [7, 11) is 6.05. The zero-order valence-corrected chi connectivity index (χ0v) is 13.3. The molecule has 118 valence electrons. The summed E-state index contributed by atoms with van der Waals surface area (Å²) >= 11 is 0. The van der Waals surface area contributed by atoms with Crippen molar-refractivity contribution in [2.75, 3.05) is 60.5 Å². The molecule has 0 amide bonds. The highest BCUT2D eigenvalue weighted by Crippen LogP contribution is 2.25. The van der Waals surface area contributed by atoms with Gasteiger partial charge in [-0.2, -0.15) is 0 Å². The van der Waals surface area contributed by atoms with E-state index in [0.717, 1.165) is 44.2 Å². The van der Waals surface area contributed by atoms with E-state index >= 15 is 0 Å². The van der Waals surface area contributed by atoms with Crippen molar-refractivity contribution in [3.63, 3.8) is 0 Å². The van der Waals surface area contributed by atoms with E-state index in [9.17, 15) is 0 Å². The highest BCUT2D eigenvalue weighted by atomic mass is 16.5. The molecular weight excluding hydrogens is 266 g/mol. The highest BCUT2D eigenvalue weighted by Gasteiger charge is 2.21. The maximum Gasteiger partial charge on any atom is 0.161 e. The third-order valence-electron chi connectivity index (χ3n) is 3.97. The van der Waals surface area contributed by atoms with Crippen LogP contribution in [0.25, 0.3) is 0 Å². The van der Waals surface area contributed by atoms with Crippen LogP contribution in [-0.4, -0.2) is 76.4 Å². The molecule has 0 saturated carbocycles. The highest BCUT2D eigenvalue weighted by molar-refractivity contribution is 5.39. The second-order valence-corrected chi connectivity index (χ2v) is 5.60. The van der Waals surface area contributed by atoms with Crippen molar-refractivity contribution in [3.8, 4) is 11.5 Å². The summed E-state index contributed by atoms with van der Waals surface area (Å²) in [6.45, 7) is 5.90. The number of methoxy groups -OCH3 is 1. The fourth-order valence-electron chi connectivity index (χ4n) is 2.56. The molecule has 1 saturated heterocycles. The van der Waals surface area contributed by atoms with Crippen LogP contribution in [0.1, 0.15) is 0 Å². The molecule has 0 radical (unpaired) electrons. The lowest BCUT2D eigenvalue weighted by atomic mass is 10.2. The Morgan fingerprint density at radius 3 is 2.71 bits per heavy atom. The summed E-state index contributed by atoms with van der Waals surface area (Å²) < 4.78 is 11.0. The number of nitrogens with zero attached hydrogens (tertiary/aromatic N) is 2. The zero-order valence-electron chi connectivity index (χ0n) is 13.3. The van der Waals surface area contributed by atoms with E-state index < -0.39 is 0 Å². The molecule has 1 aromatic carbocycles. The lowest BCUT2D eigenvalue weighted by Gasteiger charge is -2.37.